The lowest BCUT2D eigenvalue weighted by Crippen LogP contribution is -2.61. The Balaban J connectivity index is 0.00000203. The number of ether oxygens (including phenoxy) is 4. The zero-order valence-electron chi connectivity index (χ0n) is 29.8. The van der Waals surface area contributed by atoms with Gasteiger partial charge in [0.25, 0.3) is 0 Å². The number of hydrogen-bond donors (Lipinski definition) is 0. The van der Waals surface area contributed by atoms with Crippen LogP contribution in [-0.2, 0) is 42.9 Å². The number of rotatable bonds is 7. The van der Waals surface area contributed by atoms with Crippen molar-refractivity contribution in [2.45, 2.75) is 176 Å². The minimum Gasteiger partial charge on any atom is -0.465 e. The third kappa shape index (κ3) is 7.98. The Hall–Kier alpha value is -2.45. The summed E-state index contributed by atoms with van der Waals surface area (Å²) in [5.74, 6) is -0.244. The normalized spacial score (nSPS) is 43.7. The average Bonchev–Trinajstić information content (AvgIpc) is 3.84. The summed E-state index contributed by atoms with van der Waals surface area (Å²) in [5, 5.41) is 0. The number of esters is 5. The Morgan fingerprint density at radius 1 is 0.754 bits per heavy atom. The van der Waals surface area contributed by atoms with E-state index in [-0.39, 0.29) is 125 Å². The van der Waals surface area contributed by atoms with Gasteiger partial charge in [0.15, 0.2) is 0 Å². The van der Waals surface area contributed by atoms with Crippen molar-refractivity contribution in [1.29, 1.82) is 0 Å². The number of fused-ring (bicyclic) bond motifs is 7. The van der Waals surface area contributed by atoms with Crippen LogP contribution in [0.4, 0.5) is 0 Å². The third-order valence-electron chi connectivity index (χ3n) is 15.9. The summed E-state index contributed by atoms with van der Waals surface area (Å²) >= 11 is 0. The van der Waals surface area contributed by atoms with Crippen molar-refractivity contribution in [2.24, 2.45) is 94.2 Å². The molecule has 0 spiro atoms. The summed E-state index contributed by atoms with van der Waals surface area (Å²) in [4.78, 5) is 67.7. The first kappa shape index (κ1) is 52.6. The molecule has 2 saturated heterocycles. The van der Waals surface area contributed by atoms with E-state index < -0.39 is 46.3 Å². The van der Waals surface area contributed by atoms with Crippen LogP contribution in [0.3, 0.4) is 0 Å². The number of carbonyl (C=O) groups is 5. The molecule has 332 valence electrons. The molecular weight excluding hydrogens is 721 g/mol. The zero-order valence-corrected chi connectivity index (χ0v) is 29.8. The maximum atomic E-state index is 15.2. The fraction of sp³-hybridized carbons (Fsp3) is 0.896. The van der Waals surface area contributed by atoms with Gasteiger partial charge in [-0.1, -0.05) is 73.3 Å². The first-order valence-electron chi connectivity index (χ1n) is 19.5. The molecule has 0 N–H and O–H groups in total. The summed E-state index contributed by atoms with van der Waals surface area (Å²) in [6.45, 7) is 10.3. The molecule has 2 aliphatic heterocycles. The van der Waals surface area contributed by atoms with Crippen molar-refractivity contribution in [3.8, 4) is 0 Å². The van der Waals surface area contributed by atoms with Crippen molar-refractivity contribution >= 4 is 29.8 Å². The quantitative estimate of drug-likeness (QED) is 0.140. The molecule has 10 rings (SSSR count). The average molecular weight is 807 g/mol. The lowest BCUT2D eigenvalue weighted by Gasteiger charge is -2.60. The summed E-state index contributed by atoms with van der Waals surface area (Å²) < 4.78 is 23.8. The van der Waals surface area contributed by atoms with Crippen LogP contribution in [0, 0.1) is 94.2 Å². The molecule has 0 aromatic rings. The van der Waals surface area contributed by atoms with Crippen LogP contribution < -0.4 is 0 Å². The molecule has 15 atom stereocenters. The van der Waals surface area contributed by atoms with Crippen LogP contribution in [0.15, 0.2) is 0 Å². The highest BCUT2D eigenvalue weighted by atomic mass is 16.6. The van der Waals surface area contributed by atoms with Crippen LogP contribution in [0.5, 0.6) is 0 Å². The Bertz CT molecular complexity index is 1460. The van der Waals surface area contributed by atoms with Gasteiger partial charge in [0.2, 0.25) is 0 Å². The highest BCUT2D eigenvalue weighted by molar-refractivity contribution is 5.96. The van der Waals surface area contributed by atoms with Crippen LogP contribution in [0.25, 0.3) is 0 Å². The molecular formula is C48H86O9. The Kier molecular flexibility index (Phi) is 16.3. The van der Waals surface area contributed by atoms with Gasteiger partial charge in [0, 0.05) is 12.3 Å². The van der Waals surface area contributed by atoms with Gasteiger partial charge in [0.05, 0.1) is 35.7 Å². The molecule has 0 radical (unpaired) electrons. The minimum absolute atomic E-state index is 0. The maximum Gasteiger partial charge on any atom is 0.317 e. The zero-order chi connectivity index (χ0) is 34.4. The van der Waals surface area contributed by atoms with E-state index in [1.807, 2.05) is 27.7 Å². The molecule has 0 aromatic carbocycles. The minimum atomic E-state index is -0.684. The first-order chi connectivity index (χ1) is 23.2. The summed E-state index contributed by atoms with van der Waals surface area (Å²) in [5.41, 5.74) is -1.89. The molecule has 57 heavy (non-hydrogen) atoms. The van der Waals surface area contributed by atoms with Gasteiger partial charge >= 0.3 is 29.8 Å². The van der Waals surface area contributed by atoms with E-state index in [9.17, 15) is 19.2 Å². The number of hydrogen-bond acceptors (Lipinski definition) is 9. The fourth-order valence-electron chi connectivity index (χ4n) is 14.7. The molecule has 10 aliphatic rings. The van der Waals surface area contributed by atoms with E-state index in [0.29, 0.717) is 43.1 Å². The molecule has 8 saturated carbocycles. The maximum absolute atomic E-state index is 15.2. The smallest absolute Gasteiger partial charge is 0.317 e. The first-order valence-corrected chi connectivity index (χ1v) is 19.5. The highest BCUT2D eigenvalue weighted by Crippen LogP contribution is 2.67. The molecule has 0 aromatic heterocycles. The largest absolute Gasteiger partial charge is 0.465 e. The lowest BCUT2D eigenvalue weighted by molar-refractivity contribution is -0.221. The molecule has 8 aliphatic carbocycles. The van der Waals surface area contributed by atoms with Gasteiger partial charge in [-0.3, -0.25) is 24.0 Å². The van der Waals surface area contributed by atoms with Gasteiger partial charge in [-0.15, -0.1) is 0 Å². The molecule has 10 fully saturated rings. The van der Waals surface area contributed by atoms with Gasteiger partial charge in [-0.05, 0) is 144 Å². The van der Waals surface area contributed by atoms with Crippen LogP contribution >= 0.6 is 0 Å². The van der Waals surface area contributed by atoms with Gasteiger partial charge in [0.1, 0.15) is 11.2 Å². The molecule has 0 amide bonds. The van der Waals surface area contributed by atoms with E-state index in [1.54, 1.807) is 0 Å². The predicted molar refractivity (Wildman–Crippen MR) is 227 cm³/mol. The lowest BCUT2D eigenvalue weighted by atomic mass is 9.48. The molecule has 9 nitrogen and oxygen atoms in total. The van der Waals surface area contributed by atoms with Crippen LogP contribution in [0.1, 0.15) is 165 Å². The van der Waals surface area contributed by atoms with E-state index >= 15 is 4.79 Å². The van der Waals surface area contributed by atoms with Gasteiger partial charge < -0.3 is 18.9 Å². The van der Waals surface area contributed by atoms with Crippen LogP contribution in [-0.4, -0.2) is 47.7 Å². The van der Waals surface area contributed by atoms with Crippen molar-refractivity contribution in [1.82, 2.24) is 0 Å². The fourth-order valence-corrected chi connectivity index (χ4v) is 14.7. The summed E-state index contributed by atoms with van der Waals surface area (Å²) in [6, 6.07) is 0. The number of carbonyl (C=O) groups excluding carboxylic acids is 5. The Labute approximate surface area is 348 Å². The van der Waals surface area contributed by atoms with Crippen molar-refractivity contribution in [2.75, 3.05) is 6.61 Å². The monoisotopic (exact) mass is 807 g/mol. The van der Waals surface area contributed by atoms with Crippen molar-refractivity contribution < 1.29 is 42.9 Å². The second-order valence-electron chi connectivity index (χ2n) is 19.6. The highest BCUT2D eigenvalue weighted by Gasteiger charge is 2.67. The van der Waals surface area contributed by atoms with Gasteiger partial charge in [-0.25, -0.2) is 0 Å². The standard InChI is InChI=1S/C40H54O9.8CH4/c1-18-24(26-11-25(18)32-28(26)16-46-35(32)43)10-27(30-22-6-7-23(9-22)31(30)29-19(2)33(41)47-36(29)44)34(42)48-40-14-20-8-21(15-40)13-39(12-20,17-40)37(45)49-38(3,4)5;;;;;;;;/h18-32H,6-17H2,1-5H3;8*1H4. The molecule has 8 bridgehead atoms. The predicted octanol–water partition coefficient (Wildman–Crippen LogP) is 11.0. The molecule has 15 unspecified atom stereocenters. The second-order valence-corrected chi connectivity index (χ2v) is 19.6. The van der Waals surface area contributed by atoms with E-state index in [1.165, 1.54) is 0 Å². The summed E-state index contributed by atoms with van der Waals surface area (Å²) in [6.07, 6.45) is 9.47. The van der Waals surface area contributed by atoms with Crippen molar-refractivity contribution in [3.05, 3.63) is 0 Å². The Morgan fingerprint density at radius 3 is 1.95 bits per heavy atom. The summed E-state index contributed by atoms with van der Waals surface area (Å²) in [7, 11) is 0. The van der Waals surface area contributed by atoms with Crippen LogP contribution in [0.2, 0.25) is 0 Å². The third-order valence-corrected chi connectivity index (χ3v) is 15.9. The van der Waals surface area contributed by atoms with E-state index in [0.717, 1.165) is 57.8 Å². The van der Waals surface area contributed by atoms with E-state index in [2.05, 4.69) is 6.92 Å². The van der Waals surface area contributed by atoms with E-state index in [4.69, 9.17) is 18.9 Å². The van der Waals surface area contributed by atoms with Gasteiger partial charge in [-0.2, -0.15) is 0 Å². The topological polar surface area (TPSA) is 122 Å². The number of cyclic esters (lactones) is 3. The Morgan fingerprint density at radius 2 is 1.37 bits per heavy atom. The molecule has 2 heterocycles. The molecule has 9 heteroatoms. The SMILES string of the molecule is C.C.C.C.C.C.C.C.CC1C(=O)OC(=O)C1C1C2CCC(C2)C1C(CC1C(C)C2CC1C1COC(=O)C21)C(=O)OC12CC3CC(C1)CC(C(=O)OC(C)(C)C)(C3)C2. The van der Waals surface area contributed by atoms with Crippen molar-refractivity contribution in [3.63, 3.8) is 0 Å². The second kappa shape index (κ2) is 17.6.